The molecule has 0 aromatic carbocycles. The van der Waals surface area contributed by atoms with Crippen LogP contribution in [0.4, 0.5) is 0 Å². The molecule has 78 valence electrons. The molecule has 0 heterocycles. The van der Waals surface area contributed by atoms with Crippen LogP contribution < -0.4 is 0 Å². The number of carboxylic acids is 1. The highest BCUT2D eigenvalue weighted by Crippen LogP contribution is 2.14. The monoisotopic (exact) mass is 208 g/mol. The molecule has 5 heteroatoms. The van der Waals surface area contributed by atoms with Crippen molar-refractivity contribution in [3.63, 3.8) is 0 Å². The lowest BCUT2D eigenvalue weighted by Gasteiger charge is -2.19. The summed E-state index contributed by atoms with van der Waals surface area (Å²) in [6.07, 6.45) is 0.530. The Morgan fingerprint density at radius 3 is 2.08 bits per heavy atom. The Labute approximate surface area is 84.4 Å². The zero-order valence-electron chi connectivity index (χ0n) is 8.00. The number of carboxylic acid groups (broad SMARTS) is 1. The highest BCUT2D eigenvalue weighted by atomic mass is 32.1. The molecule has 0 rings (SSSR count). The summed E-state index contributed by atoms with van der Waals surface area (Å²) < 4.78 is 0. The van der Waals surface area contributed by atoms with Gasteiger partial charge in [0.05, 0.1) is 0 Å². The highest BCUT2D eigenvalue weighted by molar-refractivity contribution is 7.59. The van der Waals surface area contributed by atoms with Crippen molar-refractivity contribution in [3.8, 4) is 0 Å². The Bertz CT molecular complexity index is 200. The lowest BCUT2D eigenvalue weighted by atomic mass is 9.90. The maximum atomic E-state index is 11.2. The molecule has 13 heavy (non-hydrogen) atoms. The van der Waals surface area contributed by atoms with Gasteiger partial charge in [0.2, 0.25) is 5.60 Å². The fraction of sp³-hybridized carbons (Fsp3) is 0.750. The molecule has 0 amide bonds. The summed E-state index contributed by atoms with van der Waals surface area (Å²) in [5.74, 6) is -2.55. The van der Waals surface area contributed by atoms with Crippen LogP contribution in [-0.4, -0.2) is 27.6 Å². The Balaban J connectivity index is 0. The summed E-state index contributed by atoms with van der Waals surface area (Å²) in [6.45, 7) is 4.37. The summed E-state index contributed by atoms with van der Waals surface area (Å²) in [5, 5.41) is 17.7. The minimum absolute atomic E-state index is 0. The first-order chi connectivity index (χ1) is 5.34. The van der Waals surface area contributed by atoms with Crippen molar-refractivity contribution in [2.24, 2.45) is 5.92 Å². The Morgan fingerprint density at radius 2 is 1.85 bits per heavy atom. The van der Waals surface area contributed by atoms with Gasteiger partial charge in [-0.3, -0.25) is 4.79 Å². The van der Waals surface area contributed by atoms with Gasteiger partial charge in [-0.25, -0.2) is 4.79 Å². The molecule has 0 aromatic heterocycles. The summed E-state index contributed by atoms with van der Waals surface area (Å²) in [5.41, 5.74) is -2.24. The van der Waals surface area contributed by atoms with Crippen molar-refractivity contribution in [2.45, 2.75) is 32.8 Å². The molecule has 2 atom stereocenters. The molecule has 0 radical (unpaired) electrons. The van der Waals surface area contributed by atoms with Crippen LogP contribution in [0.15, 0.2) is 0 Å². The second-order valence-electron chi connectivity index (χ2n) is 3.05. The number of Topliss-reactive ketones (excluding diaryl/α,β-unsaturated/α-hetero) is 1. The molecule has 2 N–H and O–H groups in total. The molecular weight excluding hydrogens is 192 g/mol. The van der Waals surface area contributed by atoms with Gasteiger partial charge in [0.1, 0.15) is 0 Å². The van der Waals surface area contributed by atoms with Crippen LogP contribution in [0.2, 0.25) is 0 Å². The maximum absolute atomic E-state index is 11.2. The SMILES string of the molecule is CCC(C)C(=O)C(C)(O)C(=O)O.S. The number of aliphatic carboxylic acids is 1. The van der Waals surface area contributed by atoms with Crippen LogP contribution in [0.5, 0.6) is 0 Å². The van der Waals surface area contributed by atoms with Crippen molar-refractivity contribution < 1.29 is 19.8 Å². The number of hydrogen-bond donors (Lipinski definition) is 2. The molecule has 0 aromatic rings. The third-order valence-corrected chi connectivity index (χ3v) is 1.96. The first kappa shape index (κ1) is 14.9. The van der Waals surface area contributed by atoms with E-state index < -0.39 is 23.3 Å². The largest absolute Gasteiger partial charge is 0.479 e. The molecular formula is C8H16O4S. The van der Waals surface area contributed by atoms with E-state index in [1.165, 1.54) is 0 Å². The first-order valence-corrected chi connectivity index (χ1v) is 3.84. The molecule has 4 nitrogen and oxygen atoms in total. The van der Waals surface area contributed by atoms with Gasteiger partial charge in [-0.1, -0.05) is 13.8 Å². The van der Waals surface area contributed by atoms with Gasteiger partial charge in [0, 0.05) is 5.92 Å². The maximum Gasteiger partial charge on any atom is 0.343 e. The smallest absolute Gasteiger partial charge is 0.343 e. The lowest BCUT2D eigenvalue weighted by molar-refractivity contribution is -0.164. The number of rotatable bonds is 4. The van der Waals surface area contributed by atoms with E-state index in [1.807, 2.05) is 0 Å². The molecule has 2 unspecified atom stereocenters. The van der Waals surface area contributed by atoms with Gasteiger partial charge >= 0.3 is 5.97 Å². The van der Waals surface area contributed by atoms with E-state index in [0.29, 0.717) is 6.42 Å². The average molecular weight is 208 g/mol. The molecule has 0 bridgehead atoms. The average Bonchev–Trinajstić information content (AvgIpc) is 2.01. The van der Waals surface area contributed by atoms with Crippen molar-refractivity contribution in [1.29, 1.82) is 0 Å². The predicted octanol–water partition coefficient (Wildman–Crippen LogP) is 0.550. The normalized spacial score (nSPS) is 16.6. The van der Waals surface area contributed by atoms with E-state index >= 15 is 0 Å². The molecule has 0 aliphatic rings. The topological polar surface area (TPSA) is 74.6 Å². The van der Waals surface area contributed by atoms with Gasteiger partial charge in [-0.05, 0) is 13.3 Å². The predicted molar refractivity (Wildman–Crippen MR) is 53.1 cm³/mol. The minimum Gasteiger partial charge on any atom is -0.479 e. The van der Waals surface area contributed by atoms with E-state index in [0.717, 1.165) is 6.92 Å². The Kier molecular flexibility index (Phi) is 6.02. The number of carbonyl (C=O) groups is 2. The van der Waals surface area contributed by atoms with Crippen LogP contribution in [-0.2, 0) is 9.59 Å². The Hall–Kier alpha value is -0.550. The fourth-order valence-electron chi connectivity index (χ4n) is 0.771. The Morgan fingerprint density at radius 1 is 1.46 bits per heavy atom. The van der Waals surface area contributed by atoms with Gasteiger partial charge in [0.25, 0.3) is 0 Å². The van der Waals surface area contributed by atoms with E-state index in [2.05, 4.69) is 0 Å². The van der Waals surface area contributed by atoms with Crippen LogP contribution in [0, 0.1) is 5.92 Å². The minimum atomic E-state index is -2.24. The quantitative estimate of drug-likeness (QED) is 0.662. The van der Waals surface area contributed by atoms with Crippen LogP contribution in [0.25, 0.3) is 0 Å². The lowest BCUT2D eigenvalue weighted by Crippen LogP contribution is -2.46. The van der Waals surface area contributed by atoms with Gasteiger partial charge in [-0.2, -0.15) is 13.5 Å². The van der Waals surface area contributed by atoms with Gasteiger partial charge < -0.3 is 10.2 Å². The van der Waals surface area contributed by atoms with E-state index in [-0.39, 0.29) is 13.5 Å². The molecule has 0 saturated carbocycles. The second-order valence-corrected chi connectivity index (χ2v) is 3.05. The van der Waals surface area contributed by atoms with E-state index in [9.17, 15) is 14.7 Å². The number of ketones is 1. The fourth-order valence-corrected chi connectivity index (χ4v) is 0.771. The molecule has 0 aliphatic carbocycles. The summed E-state index contributed by atoms with van der Waals surface area (Å²) >= 11 is 0. The second kappa shape index (κ2) is 5.24. The molecule has 0 fully saturated rings. The zero-order valence-corrected chi connectivity index (χ0v) is 9.00. The molecule has 0 saturated heterocycles. The first-order valence-electron chi connectivity index (χ1n) is 3.84. The third kappa shape index (κ3) is 3.36. The van der Waals surface area contributed by atoms with E-state index in [1.54, 1.807) is 13.8 Å². The van der Waals surface area contributed by atoms with Crippen molar-refractivity contribution in [1.82, 2.24) is 0 Å². The third-order valence-electron chi connectivity index (χ3n) is 1.96. The zero-order chi connectivity index (χ0) is 9.94. The highest BCUT2D eigenvalue weighted by Gasteiger charge is 2.40. The number of carbonyl (C=O) groups excluding carboxylic acids is 1. The van der Waals surface area contributed by atoms with Gasteiger partial charge in [0.15, 0.2) is 5.78 Å². The van der Waals surface area contributed by atoms with Gasteiger partial charge in [-0.15, -0.1) is 0 Å². The van der Waals surface area contributed by atoms with Crippen molar-refractivity contribution in [3.05, 3.63) is 0 Å². The number of aliphatic hydroxyl groups is 1. The van der Waals surface area contributed by atoms with Crippen molar-refractivity contribution in [2.75, 3.05) is 0 Å². The standard InChI is InChI=1S/C8H14O4.H2S/c1-4-5(2)6(9)8(3,12)7(10)11;/h5,12H,4H2,1-3H3,(H,10,11);1H2. The van der Waals surface area contributed by atoms with Crippen molar-refractivity contribution >= 4 is 25.2 Å². The molecule has 0 spiro atoms. The summed E-state index contributed by atoms with van der Waals surface area (Å²) in [7, 11) is 0. The molecule has 0 aliphatic heterocycles. The number of hydrogen-bond acceptors (Lipinski definition) is 3. The summed E-state index contributed by atoms with van der Waals surface area (Å²) in [6, 6.07) is 0. The van der Waals surface area contributed by atoms with Crippen LogP contribution >= 0.6 is 13.5 Å². The summed E-state index contributed by atoms with van der Waals surface area (Å²) in [4.78, 5) is 21.6. The van der Waals surface area contributed by atoms with Crippen LogP contribution in [0.1, 0.15) is 27.2 Å². The van der Waals surface area contributed by atoms with E-state index in [4.69, 9.17) is 5.11 Å². The van der Waals surface area contributed by atoms with Crippen LogP contribution in [0.3, 0.4) is 0 Å².